The van der Waals surface area contributed by atoms with Gasteiger partial charge in [0.05, 0.1) is 12.5 Å². The molecule has 0 aliphatic carbocycles. The van der Waals surface area contributed by atoms with Crippen LogP contribution in [-0.2, 0) is 40.0 Å². The van der Waals surface area contributed by atoms with Crippen molar-refractivity contribution >= 4 is 52.3 Å². The normalized spacial score (nSPS) is 13.8. The zero-order valence-corrected chi connectivity index (χ0v) is 22.1. The van der Waals surface area contributed by atoms with Gasteiger partial charge in [-0.3, -0.25) is 28.8 Å². The number of primary amides is 3. The van der Waals surface area contributed by atoms with E-state index in [0.29, 0.717) is 5.56 Å². The average molecular weight is 575 g/mol. The van der Waals surface area contributed by atoms with Crippen LogP contribution in [0.5, 0.6) is 0 Å². The number of carboxylic acids is 1. The number of fused-ring (bicyclic) bond motifs is 1. The van der Waals surface area contributed by atoms with Gasteiger partial charge in [0, 0.05) is 36.4 Å². The number of carbonyl (C=O) groups excluding carboxylic acids is 6. The third-order valence-electron chi connectivity index (χ3n) is 6.10. The number of aliphatic carboxylic acids is 1. The number of para-hydroxylation sites is 1. The van der Waals surface area contributed by atoms with Crippen molar-refractivity contribution in [2.24, 2.45) is 22.9 Å². The lowest BCUT2D eigenvalue weighted by molar-refractivity contribution is -0.142. The van der Waals surface area contributed by atoms with Crippen molar-refractivity contribution in [2.75, 3.05) is 0 Å². The van der Waals surface area contributed by atoms with Gasteiger partial charge in [-0.1, -0.05) is 18.2 Å². The van der Waals surface area contributed by atoms with Crippen molar-refractivity contribution in [3.8, 4) is 0 Å². The summed E-state index contributed by atoms with van der Waals surface area (Å²) < 4.78 is 0. The first-order chi connectivity index (χ1) is 19.3. The fraction of sp³-hybridized carbons (Fsp3) is 0.400. The summed E-state index contributed by atoms with van der Waals surface area (Å²) in [5.74, 6) is -6.71. The van der Waals surface area contributed by atoms with Crippen LogP contribution < -0.4 is 38.9 Å². The molecule has 0 aliphatic rings. The molecule has 16 nitrogen and oxygen atoms in total. The van der Waals surface area contributed by atoms with Crippen molar-refractivity contribution < 1.29 is 38.7 Å². The first-order valence-corrected chi connectivity index (χ1v) is 12.6. The summed E-state index contributed by atoms with van der Waals surface area (Å²) >= 11 is 0. The average Bonchev–Trinajstić information content (AvgIpc) is 3.30. The molecule has 13 N–H and O–H groups in total. The first kappa shape index (κ1) is 32.2. The third-order valence-corrected chi connectivity index (χ3v) is 6.10. The summed E-state index contributed by atoms with van der Waals surface area (Å²) in [6.07, 6.45) is -0.169. The maximum atomic E-state index is 13.1. The Morgan fingerprint density at radius 1 is 0.756 bits per heavy atom. The molecule has 6 amide bonds. The van der Waals surface area contributed by atoms with Crippen molar-refractivity contribution in [2.45, 2.75) is 62.7 Å². The van der Waals surface area contributed by atoms with E-state index in [2.05, 4.69) is 20.9 Å². The molecule has 16 heteroatoms. The van der Waals surface area contributed by atoms with E-state index in [1.54, 1.807) is 30.5 Å². The Kier molecular flexibility index (Phi) is 11.8. The lowest BCUT2D eigenvalue weighted by atomic mass is 10.0. The van der Waals surface area contributed by atoms with E-state index in [-0.39, 0.29) is 32.1 Å². The van der Waals surface area contributed by atoms with Gasteiger partial charge in [0.15, 0.2) is 0 Å². The van der Waals surface area contributed by atoms with E-state index in [1.807, 2.05) is 0 Å². The van der Waals surface area contributed by atoms with Crippen LogP contribution in [0.3, 0.4) is 0 Å². The SMILES string of the molecule is NC(=O)CCC(N)C(=O)NC(CCC(N)=O)C(=O)NC(CC(N)=O)C(=O)NC(Cc1c[nH]c2ccccc12)C(=O)O. The number of hydrogen-bond acceptors (Lipinski definition) is 8. The largest absolute Gasteiger partial charge is 0.480 e. The van der Waals surface area contributed by atoms with Crippen LogP contribution in [0.1, 0.15) is 37.7 Å². The molecule has 1 aromatic carbocycles. The summed E-state index contributed by atoms with van der Waals surface area (Å²) in [6, 6.07) is 1.41. The van der Waals surface area contributed by atoms with Gasteiger partial charge in [-0.05, 0) is 24.5 Å². The van der Waals surface area contributed by atoms with Gasteiger partial charge in [0.2, 0.25) is 35.4 Å². The fourth-order valence-corrected chi connectivity index (χ4v) is 3.94. The third kappa shape index (κ3) is 10.2. The Morgan fingerprint density at radius 2 is 1.32 bits per heavy atom. The highest BCUT2D eigenvalue weighted by Gasteiger charge is 2.32. The Balaban J connectivity index is 2.18. The smallest absolute Gasteiger partial charge is 0.326 e. The standard InChI is InChI=1S/C25H34N8O8/c26-14(5-7-19(27)34)22(37)31-16(6-8-20(28)35)23(38)32-17(10-21(29)36)24(39)33-18(25(40)41)9-12-11-30-15-4-2-1-3-13(12)15/h1-4,11,14,16-18,30H,5-10,26H2,(H2,27,34)(H2,28,35)(H2,29,36)(H,31,37)(H,32,38)(H,33,39)(H,40,41). The number of amides is 6. The van der Waals surface area contributed by atoms with Gasteiger partial charge in [0.25, 0.3) is 0 Å². The Morgan fingerprint density at radius 3 is 1.93 bits per heavy atom. The Labute approximate surface area is 233 Å². The second-order valence-electron chi connectivity index (χ2n) is 9.37. The first-order valence-electron chi connectivity index (χ1n) is 12.6. The van der Waals surface area contributed by atoms with E-state index >= 15 is 0 Å². The highest BCUT2D eigenvalue weighted by atomic mass is 16.4. The van der Waals surface area contributed by atoms with Gasteiger partial charge in [-0.15, -0.1) is 0 Å². The molecule has 0 bridgehead atoms. The second-order valence-corrected chi connectivity index (χ2v) is 9.37. The van der Waals surface area contributed by atoms with Crippen LogP contribution in [0.2, 0.25) is 0 Å². The molecule has 4 unspecified atom stereocenters. The number of carbonyl (C=O) groups is 7. The molecule has 0 aliphatic heterocycles. The number of benzene rings is 1. The van der Waals surface area contributed by atoms with E-state index in [1.165, 1.54) is 0 Å². The zero-order valence-electron chi connectivity index (χ0n) is 22.1. The van der Waals surface area contributed by atoms with Crippen molar-refractivity contribution in [1.82, 2.24) is 20.9 Å². The van der Waals surface area contributed by atoms with Gasteiger partial charge < -0.3 is 49.0 Å². The highest BCUT2D eigenvalue weighted by molar-refractivity contribution is 5.96. The molecule has 2 aromatic rings. The molecule has 4 atom stereocenters. The molecular formula is C25H34N8O8. The second kappa shape index (κ2) is 15.0. The number of rotatable bonds is 17. The number of aromatic amines is 1. The molecule has 1 heterocycles. The number of aromatic nitrogens is 1. The monoisotopic (exact) mass is 574 g/mol. The van der Waals surface area contributed by atoms with E-state index < -0.39 is 72.0 Å². The lowest BCUT2D eigenvalue weighted by Crippen LogP contribution is -2.58. The maximum absolute atomic E-state index is 13.1. The minimum absolute atomic E-state index is 0.120. The van der Waals surface area contributed by atoms with Gasteiger partial charge in [0.1, 0.15) is 18.1 Å². The summed E-state index contributed by atoms with van der Waals surface area (Å²) in [5, 5.41) is 17.4. The maximum Gasteiger partial charge on any atom is 0.326 e. The van der Waals surface area contributed by atoms with E-state index in [0.717, 1.165) is 10.9 Å². The summed E-state index contributed by atoms with van der Waals surface area (Å²) in [7, 11) is 0. The summed E-state index contributed by atoms with van der Waals surface area (Å²) in [6.45, 7) is 0. The fourth-order valence-electron chi connectivity index (χ4n) is 3.94. The Bertz CT molecular complexity index is 1310. The van der Waals surface area contributed by atoms with Crippen molar-refractivity contribution in [1.29, 1.82) is 0 Å². The van der Waals surface area contributed by atoms with Gasteiger partial charge >= 0.3 is 5.97 Å². The summed E-state index contributed by atoms with van der Waals surface area (Å²) in [4.78, 5) is 87.5. The van der Waals surface area contributed by atoms with Gasteiger partial charge in [-0.2, -0.15) is 0 Å². The molecule has 41 heavy (non-hydrogen) atoms. The number of nitrogens with one attached hydrogen (secondary N) is 4. The van der Waals surface area contributed by atoms with Crippen molar-refractivity contribution in [3.63, 3.8) is 0 Å². The minimum Gasteiger partial charge on any atom is -0.480 e. The molecular weight excluding hydrogens is 540 g/mol. The molecule has 222 valence electrons. The van der Waals surface area contributed by atoms with Crippen LogP contribution in [0, 0.1) is 0 Å². The number of nitrogens with two attached hydrogens (primary N) is 4. The topological polar surface area (TPSA) is 296 Å². The van der Waals surface area contributed by atoms with Crippen LogP contribution >= 0.6 is 0 Å². The quantitative estimate of drug-likeness (QED) is 0.0927. The number of carboxylic acid groups (broad SMARTS) is 1. The lowest BCUT2D eigenvalue weighted by Gasteiger charge is -2.24. The zero-order chi connectivity index (χ0) is 30.7. The molecule has 0 saturated heterocycles. The number of H-pyrrole nitrogens is 1. The van der Waals surface area contributed by atoms with E-state index in [4.69, 9.17) is 22.9 Å². The molecule has 2 rings (SSSR count). The van der Waals surface area contributed by atoms with Crippen LogP contribution in [0.15, 0.2) is 30.5 Å². The van der Waals surface area contributed by atoms with Gasteiger partial charge in [-0.25, -0.2) is 4.79 Å². The van der Waals surface area contributed by atoms with Crippen LogP contribution in [0.25, 0.3) is 10.9 Å². The van der Waals surface area contributed by atoms with Crippen LogP contribution in [-0.4, -0.2) is 75.7 Å². The molecule has 0 spiro atoms. The number of hydrogen-bond donors (Lipinski definition) is 9. The van der Waals surface area contributed by atoms with E-state index in [9.17, 15) is 38.7 Å². The molecule has 1 aromatic heterocycles. The van der Waals surface area contributed by atoms with Crippen molar-refractivity contribution in [3.05, 3.63) is 36.0 Å². The minimum atomic E-state index is -1.62. The molecule has 0 fully saturated rings. The summed E-state index contributed by atoms with van der Waals surface area (Å²) in [5.41, 5.74) is 22.6. The van der Waals surface area contributed by atoms with Crippen LogP contribution in [0.4, 0.5) is 0 Å². The predicted octanol–water partition coefficient (Wildman–Crippen LogP) is -3.02. The predicted molar refractivity (Wildman–Crippen MR) is 144 cm³/mol. The molecule has 0 radical (unpaired) electrons. The highest BCUT2D eigenvalue weighted by Crippen LogP contribution is 2.19. The Hall–Kier alpha value is -4.99. The molecule has 0 saturated carbocycles.